The summed E-state index contributed by atoms with van der Waals surface area (Å²) in [5, 5.41) is 3.49. The molecular weight excluding hydrogens is 188 g/mol. The molecule has 0 unspecified atom stereocenters. The van der Waals surface area contributed by atoms with E-state index in [1.54, 1.807) is 0 Å². The predicted molar refractivity (Wildman–Crippen MR) is 64.2 cm³/mol. The van der Waals surface area contributed by atoms with E-state index in [-0.39, 0.29) is 5.60 Å². The molecule has 0 saturated heterocycles. The first-order valence-electron chi connectivity index (χ1n) is 6.09. The topological polar surface area (TPSA) is 24.5 Å². The Labute approximate surface area is 94.2 Å². The third-order valence-electron chi connectivity index (χ3n) is 3.41. The first kappa shape index (κ1) is 12.9. The zero-order chi connectivity index (χ0) is 11.1. The van der Waals surface area contributed by atoms with Crippen molar-refractivity contribution in [3.8, 4) is 0 Å². The molecule has 0 heterocycles. The van der Waals surface area contributed by atoms with Crippen molar-refractivity contribution in [2.75, 3.05) is 40.8 Å². The smallest absolute Gasteiger partial charge is 0.0690 e. The Balaban J connectivity index is 1.92. The van der Waals surface area contributed by atoms with Gasteiger partial charge in [0, 0.05) is 7.11 Å². The Morgan fingerprint density at radius 3 is 2.47 bits per heavy atom. The van der Waals surface area contributed by atoms with Crippen LogP contribution in [-0.2, 0) is 4.74 Å². The molecule has 0 aliphatic heterocycles. The van der Waals surface area contributed by atoms with Crippen molar-refractivity contribution in [3.63, 3.8) is 0 Å². The first-order valence-corrected chi connectivity index (χ1v) is 6.09. The van der Waals surface area contributed by atoms with Gasteiger partial charge < -0.3 is 15.0 Å². The third kappa shape index (κ3) is 4.49. The quantitative estimate of drug-likeness (QED) is 0.620. The van der Waals surface area contributed by atoms with Crippen molar-refractivity contribution in [2.24, 2.45) is 0 Å². The maximum Gasteiger partial charge on any atom is 0.0690 e. The molecule has 0 bridgehead atoms. The minimum atomic E-state index is 0.231. The average molecular weight is 214 g/mol. The predicted octanol–water partition coefficient (Wildman–Crippen LogP) is 1.49. The van der Waals surface area contributed by atoms with Gasteiger partial charge in [0.05, 0.1) is 5.60 Å². The van der Waals surface area contributed by atoms with Crippen LogP contribution in [0.25, 0.3) is 0 Å². The van der Waals surface area contributed by atoms with Gasteiger partial charge in [-0.3, -0.25) is 0 Å². The van der Waals surface area contributed by atoms with E-state index in [0.717, 1.165) is 13.1 Å². The molecule has 1 rings (SSSR count). The Morgan fingerprint density at radius 2 is 2.00 bits per heavy atom. The summed E-state index contributed by atoms with van der Waals surface area (Å²) in [6, 6.07) is 0. The van der Waals surface area contributed by atoms with Crippen LogP contribution in [0.15, 0.2) is 0 Å². The second kappa shape index (κ2) is 6.46. The minimum Gasteiger partial charge on any atom is -0.378 e. The zero-order valence-corrected chi connectivity index (χ0v) is 10.5. The molecule has 3 nitrogen and oxygen atoms in total. The molecule has 1 aliphatic rings. The first-order chi connectivity index (χ1) is 7.18. The van der Waals surface area contributed by atoms with E-state index in [2.05, 4.69) is 24.3 Å². The van der Waals surface area contributed by atoms with E-state index in [9.17, 15) is 0 Å². The summed E-state index contributed by atoms with van der Waals surface area (Å²) < 4.78 is 5.57. The second-order valence-electron chi connectivity index (χ2n) is 4.90. The molecule has 0 radical (unpaired) electrons. The highest BCUT2D eigenvalue weighted by Gasteiger charge is 2.35. The van der Waals surface area contributed by atoms with Crippen LogP contribution in [0, 0.1) is 0 Å². The lowest BCUT2D eigenvalue weighted by atomic mass is 9.77. The van der Waals surface area contributed by atoms with Crippen molar-refractivity contribution < 1.29 is 4.74 Å². The van der Waals surface area contributed by atoms with Crippen LogP contribution in [-0.4, -0.2) is 51.3 Å². The van der Waals surface area contributed by atoms with Crippen molar-refractivity contribution in [1.82, 2.24) is 10.2 Å². The van der Waals surface area contributed by atoms with Gasteiger partial charge in [-0.15, -0.1) is 0 Å². The normalized spacial score (nSPS) is 19.2. The summed E-state index contributed by atoms with van der Waals surface area (Å²) >= 11 is 0. The van der Waals surface area contributed by atoms with Crippen LogP contribution in [0.4, 0.5) is 0 Å². The fourth-order valence-corrected chi connectivity index (χ4v) is 2.09. The molecular formula is C12H26N2O. The molecule has 0 aromatic rings. The molecule has 0 spiro atoms. The average Bonchev–Trinajstić information content (AvgIpc) is 2.14. The summed E-state index contributed by atoms with van der Waals surface area (Å²) in [5.74, 6) is 0. The molecule has 3 heteroatoms. The van der Waals surface area contributed by atoms with Gasteiger partial charge in [0.25, 0.3) is 0 Å². The number of nitrogens with zero attached hydrogens (tertiary/aromatic N) is 1. The lowest BCUT2D eigenvalue weighted by Gasteiger charge is -2.40. The van der Waals surface area contributed by atoms with Crippen LogP contribution in [0.5, 0.6) is 0 Å². The molecule has 1 saturated carbocycles. The number of nitrogens with one attached hydrogen (secondary N) is 1. The van der Waals surface area contributed by atoms with Crippen molar-refractivity contribution in [2.45, 2.75) is 37.7 Å². The van der Waals surface area contributed by atoms with Crippen LogP contribution < -0.4 is 5.32 Å². The fraction of sp³-hybridized carbons (Fsp3) is 1.00. The summed E-state index contributed by atoms with van der Waals surface area (Å²) in [7, 11) is 6.09. The van der Waals surface area contributed by atoms with Crippen LogP contribution in [0.2, 0.25) is 0 Å². The zero-order valence-electron chi connectivity index (χ0n) is 10.5. The molecule has 0 aromatic carbocycles. The van der Waals surface area contributed by atoms with E-state index in [1.807, 2.05) is 7.11 Å². The van der Waals surface area contributed by atoms with Gasteiger partial charge in [-0.1, -0.05) is 0 Å². The maximum atomic E-state index is 5.57. The summed E-state index contributed by atoms with van der Waals surface area (Å²) in [6.45, 7) is 3.39. The number of hydrogen-bond donors (Lipinski definition) is 1. The second-order valence-corrected chi connectivity index (χ2v) is 4.90. The standard InChI is InChI=1S/C12H26N2O/c1-14(2)11-5-9-13-10-8-12(15-3)6-4-7-12/h13H,4-11H2,1-3H3. The number of rotatable bonds is 8. The van der Waals surface area contributed by atoms with E-state index in [4.69, 9.17) is 4.74 Å². The molecule has 0 atom stereocenters. The highest BCUT2D eigenvalue weighted by atomic mass is 16.5. The Kier molecular flexibility index (Phi) is 5.58. The van der Waals surface area contributed by atoms with Crippen LogP contribution >= 0.6 is 0 Å². The van der Waals surface area contributed by atoms with Crippen molar-refractivity contribution in [3.05, 3.63) is 0 Å². The van der Waals surface area contributed by atoms with E-state index in [1.165, 1.54) is 38.6 Å². The Hall–Kier alpha value is -0.120. The van der Waals surface area contributed by atoms with E-state index in [0.29, 0.717) is 0 Å². The monoisotopic (exact) mass is 214 g/mol. The molecule has 1 N–H and O–H groups in total. The van der Waals surface area contributed by atoms with Gasteiger partial charge in [0.15, 0.2) is 0 Å². The van der Waals surface area contributed by atoms with Crippen LogP contribution in [0.3, 0.4) is 0 Å². The molecule has 0 aromatic heterocycles. The van der Waals surface area contributed by atoms with E-state index >= 15 is 0 Å². The number of ether oxygens (including phenoxy) is 1. The summed E-state index contributed by atoms with van der Waals surface area (Å²) in [6.07, 6.45) is 6.25. The molecule has 0 amide bonds. The highest BCUT2D eigenvalue weighted by Crippen LogP contribution is 2.37. The highest BCUT2D eigenvalue weighted by molar-refractivity contribution is 4.89. The molecule has 15 heavy (non-hydrogen) atoms. The van der Waals surface area contributed by atoms with Crippen molar-refractivity contribution in [1.29, 1.82) is 0 Å². The summed E-state index contributed by atoms with van der Waals surface area (Å²) in [4.78, 5) is 2.23. The van der Waals surface area contributed by atoms with Gasteiger partial charge >= 0.3 is 0 Å². The lowest BCUT2D eigenvalue weighted by molar-refractivity contribution is -0.0767. The Morgan fingerprint density at radius 1 is 1.27 bits per heavy atom. The molecule has 1 aliphatic carbocycles. The largest absolute Gasteiger partial charge is 0.378 e. The Bertz CT molecular complexity index is 161. The van der Waals surface area contributed by atoms with Gasteiger partial charge in [-0.25, -0.2) is 0 Å². The minimum absolute atomic E-state index is 0.231. The molecule has 1 fully saturated rings. The van der Waals surface area contributed by atoms with Crippen molar-refractivity contribution >= 4 is 0 Å². The lowest BCUT2D eigenvalue weighted by Crippen LogP contribution is -2.41. The van der Waals surface area contributed by atoms with Gasteiger partial charge in [0.1, 0.15) is 0 Å². The van der Waals surface area contributed by atoms with E-state index < -0.39 is 0 Å². The number of methoxy groups -OCH3 is 1. The summed E-state index contributed by atoms with van der Waals surface area (Å²) in [5.41, 5.74) is 0.231. The maximum absolute atomic E-state index is 5.57. The fourth-order valence-electron chi connectivity index (χ4n) is 2.09. The van der Waals surface area contributed by atoms with Gasteiger partial charge in [-0.05, 0) is 65.8 Å². The molecule has 90 valence electrons. The van der Waals surface area contributed by atoms with Crippen LogP contribution in [0.1, 0.15) is 32.1 Å². The van der Waals surface area contributed by atoms with Gasteiger partial charge in [-0.2, -0.15) is 0 Å². The third-order valence-corrected chi connectivity index (χ3v) is 3.41. The van der Waals surface area contributed by atoms with Gasteiger partial charge in [0.2, 0.25) is 0 Å². The SMILES string of the molecule is COC1(CCNCCCN(C)C)CCC1. The number of hydrogen-bond acceptors (Lipinski definition) is 3.